The van der Waals surface area contributed by atoms with Gasteiger partial charge >= 0.3 is 0 Å². The summed E-state index contributed by atoms with van der Waals surface area (Å²) in [6.45, 7) is 2.78. The molecule has 6 nitrogen and oxygen atoms in total. The largest absolute Gasteiger partial charge is 0.494 e. The highest BCUT2D eigenvalue weighted by molar-refractivity contribution is 5.93. The number of nitriles is 1. The van der Waals surface area contributed by atoms with Crippen LogP contribution in [0, 0.1) is 18.3 Å². The first-order valence-electron chi connectivity index (χ1n) is 4.77. The molecular weight excluding hydrogens is 222 g/mol. The van der Waals surface area contributed by atoms with Crippen molar-refractivity contribution >= 4 is 12.1 Å². The molecule has 0 bridgehead atoms. The quantitative estimate of drug-likeness (QED) is 0.702. The van der Waals surface area contributed by atoms with E-state index in [-0.39, 0.29) is 17.0 Å². The Kier molecular flexibility index (Phi) is 3.43. The van der Waals surface area contributed by atoms with Crippen LogP contribution < -0.4 is 5.56 Å². The highest BCUT2D eigenvalue weighted by Gasteiger charge is 2.15. The Hall–Kier alpha value is -2.42. The number of nitrogens with zero attached hydrogens (tertiary/aromatic N) is 3. The minimum Gasteiger partial charge on any atom is -0.494 e. The Bertz CT molecular complexity index is 606. The first-order valence-corrected chi connectivity index (χ1v) is 4.77. The van der Waals surface area contributed by atoms with Crippen molar-refractivity contribution in [3.05, 3.63) is 27.0 Å². The number of amides is 1. The van der Waals surface area contributed by atoms with E-state index < -0.39 is 11.5 Å². The Morgan fingerprint density at radius 1 is 1.59 bits per heavy atom. The normalized spacial score (nSPS) is 10.5. The highest BCUT2D eigenvalue weighted by atomic mass is 16.3. The third kappa shape index (κ3) is 2.23. The maximum absolute atomic E-state index is 11.6. The second-order valence-corrected chi connectivity index (χ2v) is 3.49. The summed E-state index contributed by atoms with van der Waals surface area (Å²) in [4.78, 5) is 25.8. The summed E-state index contributed by atoms with van der Waals surface area (Å²) < 4.78 is 0.938. The summed E-state index contributed by atoms with van der Waals surface area (Å²) in [7, 11) is 1.34. The average Bonchev–Trinajstić information content (AvgIpc) is 2.26. The second-order valence-electron chi connectivity index (χ2n) is 3.49. The molecule has 1 N–H and O–H groups in total. The molecule has 17 heavy (non-hydrogen) atoms. The van der Waals surface area contributed by atoms with Gasteiger partial charge in [-0.3, -0.25) is 14.2 Å². The number of aliphatic imine (C=N–C) groups is 1. The summed E-state index contributed by atoms with van der Waals surface area (Å²) in [6, 6.07) is 1.77. The molecule has 1 heterocycles. The van der Waals surface area contributed by atoms with E-state index in [0.29, 0.717) is 5.56 Å². The van der Waals surface area contributed by atoms with Crippen LogP contribution in [0.4, 0.5) is 0 Å². The smallest absolute Gasteiger partial charge is 0.271 e. The highest BCUT2D eigenvalue weighted by Crippen LogP contribution is 2.18. The molecule has 0 unspecified atom stereocenters. The molecule has 0 fully saturated rings. The van der Waals surface area contributed by atoms with Crippen molar-refractivity contribution in [2.24, 2.45) is 12.0 Å². The van der Waals surface area contributed by atoms with Gasteiger partial charge in [0.15, 0.2) is 0 Å². The van der Waals surface area contributed by atoms with E-state index in [1.165, 1.54) is 20.9 Å². The summed E-state index contributed by atoms with van der Waals surface area (Å²) in [5, 5.41) is 18.6. The first kappa shape index (κ1) is 12.6. The van der Waals surface area contributed by atoms with Gasteiger partial charge in [0.2, 0.25) is 11.8 Å². The third-order valence-electron chi connectivity index (χ3n) is 2.34. The van der Waals surface area contributed by atoms with Crippen molar-refractivity contribution in [3.63, 3.8) is 0 Å². The molecule has 0 aromatic carbocycles. The van der Waals surface area contributed by atoms with Crippen LogP contribution >= 0.6 is 0 Å². The van der Waals surface area contributed by atoms with Gasteiger partial charge in [-0.15, -0.1) is 0 Å². The minimum atomic E-state index is -0.581. The van der Waals surface area contributed by atoms with Crippen LogP contribution in [-0.4, -0.2) is 21.8 Å². The van der Waals surface area contributed by atoms with E-state index in [2.05, 4.69) is 4.99 Å². The van der Waals surface area contributed by atoms with Crippen LogP contribution in [-0.2, 0) is 11.8 Å². The fraction of sp³-hybridized carbons (Fsp3) is 0.273. The van der Waals surface area contributed by atoms with Crippen LogP contribution in [0.25, 0.3) is 0 Å². The van der Waals surface area contributed by atoms with E-state index in [4.69, 9.17) is 5.26 Å². The number of hydrogen-bond donors (Lipinski definition) is 1. The second kappa shape index (κ2) is 4.61. The fourth-order valence-electron chi connectivity index (χ4n) is 1.35. The Morgan fingerprint density at radius 3 is 2.65 bits per heavy atom. The number of carbonyl (C=O) groups is 1. The van der Waals surface area contributed by atoms with Gasteiger partial charge in [-0.2, -0.15) is 5.26 Å². The molecule has 1 amide bonds. The molecule has 0 aliphatic carbocycles. The molecule has 1 aromatic heterocycles. The molecule has 0 saturated carbocycles. The summed E-state index contributed by atoms with van der Waals surface area (Å²) >= 11 is 0. The molecule has 0 aliphatic heterocycles. The summed E-state index contributed by atoms with van der Waals surface area (Å²) in [6.07, 6.45) is 1.15. The van der Waals surface area contributed by atoms with E-state index in [9.17, 15) is 14.7 Å². The van der Waals surface area contributed by atoms with Crippen LogP contribution in [0.5, 0.6) is 5.88 Å². The number of pyridine rings is 1. The van der Waals surface area contributed by atoms with Crippen LogP contribution in [0.15, 0.2) is 9.79 Å². The minimum absolute atomic E-state index is 0.0738. The maximum Gasteiger partial charge on any atom is 0.271 e. The third-order valence-corrected chi connectivity index (χ3v) is 2.34. The van der Waals surface area contributed by atoms with Crippen molar-refractivity contribution in [3.8, 4) is 11.9 Å². The molecule has 6 heteroatoms. The molecule has 0 radical (unpaired) electrons. The number of hydrogen-bond acceptors (Lipinski definition) is 4. The first-order chi connectivity index (χ1) is 7.90. The number of carbonyl (C=O) groups excluding carboxylic acids is 1. The molecule has 1 rings (SSSR count). The van der Waals surface area contributed by atoms with E-state index in [0.717, 1.165) is 10.8 Å². The van der Waals surface area contributed by atoms with Gasteiger partial charge in [0.25, 0.3) is 5.56 Å². The van der Waals surface area contributed by atoms with Gasteiger partial charge in [-0.25, -0.2) is 4.99 Å². The molecule has 88 valence electrons. The lowest BCUT2D eigenvalue weighted by Gasteiger charge is -2.09. The fourth-order valence-corrected chi connectivity index (χ4v) is 1.35. The molecule has 0 aliphatic rings. The predicted molar refractivity (Wildman–Crippen MR) is 61.1 cm³/mol. The molecule has 0 atom stereocenters. The molecular formula is C11H11N3O3. The van der Waals surface area contributed by atoms with E-state index in [1.807, 2.05) is 0 Å². The lowest BCUT2D eigenvalue weighted by molar-refractivity contribution is -0.115. The standard InChI is InChI=1S/C11H11N3O3/c1-6-8(4-12)10(16)14(3)11(17)9(6)5-13-7(2)15/h5,17H,1-3H3. The monoisotopic (exact) mass is 233 g/mol. The molecule has 1 aromatic rings. The Balaban J connectivity index is 3.63. The van der Waals surface area contributed by atoms with E-state index in [1.54, 1.807) is 6.07 Å². The average molecular weight is 233 g/mol. The predicted octanol–water partition coefficient (Wildman–Crippen LogP) is 0.236. The summed E-state index contributed by atoms with van der Waals surface area (Å²) in [5.41, 5.74) is -0.158. The Labute approximate surface area is 97.5 Å². The van der Waals surface area contributed by atoms with Crippen molar-refractivity contribution in [2.45, 2.75) is 13.8 Å². The van der Waals surface area contributed by atoms with Crippen molar-refractivity contribution < 1.29 is 9.90 Å². The zero-order valence-corrected chi connectivity index (χ0v) is 9.68. The number of aromatic nitrogens is 1. The van der Waals surface area contributed by atoms with Gasteiger partial charge in [0.05, 0.1) is 5.56 Å². The zero-order chi connectivity index (χ0) is 13.2. The molecule has 0 spiro atoms. The maximum atomic E-state index is 11.6. The van der Waals surface area contributed by atoms with Gasteiger partial charge in [-0.05, 0) is 12.5 Å². The number of aromatic hydroxyl groups is 1. The SMILES string of the molecule is CC(=O)N=Cc1c(C)c(C#N)c(=O)n(C)c1O. The van der Waals surface area contributed by atoms with E-state index >= 15 is 0 Å². The van der Waals surface area contributed by atoms with Crippen LogP contribution in [0.2, 0.25) is 0 Å². The van der Waals surface area contributed by atoms with Crippen LogP contribution in [0.1, 0.15) is 23.6 Å². The van der Waals surface area contributed by atoms with Gasteiger partial charge in [0.1, 0.15) is 11.6 Å². The number of rotatable bonds is 1. The van der Waals surface area contributed by atoms with Gasteiger partial charge in [0, 0.05) is 20.2 Å². The lowest BCUT2D eigenvalue weighted by Crippen LogP contribution is -2.22. The van der Waals surface area contributed by atoms with Gasteiger partial charge < -0.3 is 5.11 Å². The Morgan fingerprint density at radius 2 is 2.18 bits per heavy atom. The topological polar surface area (TPSA) is 95.5 Å². The van der Waals surface area contributed by atoms with Crippen LogP contribution in [0.3, 0.4) is 0 Å². The lowest BCUT2D eigenvalue weighted by atomic mass is 10.1. The molecule has 0 saturated heterocycles. The van der Waals surface area contributed by atoms with Crippen molar-refractivity contribution in [2.75, 3.05) is 0 Å². The van der Waals surface area contributed by atoms with Gasteiger partial charge in [-0.1, -0.05) is 0 Å². The van der Waals surface area contributed by atoms with Crippen molar-refractivity contribution in [1.82, 2.24) is 4.57 Å². The summed E-state index contributed by atoms with van der Waals surface area (Å²) in [5.74, 6) is -0.757. The van der Waals surface area contributed by atoms with Crippen molar-refractivity contribution in [1.29, 1.82) is 5.26 Å². The zero-order valence-electron chi connectivity index (χ0n) is 9.68.